The fourth-order valence-corrected chi connectivity index (χ4v) is 5.07. The Bertz CT molecular complexity index is 4100. The first-order chi connectivity index (χ1) is 34.9. The molecular weight excluding hydrogens is 571 g/mol. The summed E-state index contributed by atoms with van der Waals surface area (Å²) >= 11 is 0. The molecule has 0 saturated heterocycles. The predicted molar refractivity (Wildman–Crippen MR) is 199 cm³/mol. The average molecular weight is 630 g/mol. The zero-order valence-electron chi connectivity index (χ0n) is 51.9. The lowest BCUT2D eigenvalue weighted by Gasteiger charge is -2.26. The summed E-state index contributed by atoms with van der Waals surface area (Å²) in [7, 11) is 0. The van der Waals surface area contributed by atoms with Crippen LogP contribution in [0, 0.1) is 6.92 Å². The molecule has 0 aliphatic heterocycles. The highest BCUT2D eigenvalue weighted by atomic mass is 16.3. The van der Waals surface area contributed by atoms with Gasteiger partial charge < -0.3 is 9.32 Å². The minimum absolute atomic E-state index is 0.228. The number of fused-ring (bicyclic) bond motifs is 6. The summed E-state index contributed by atoms with van der Waals surface area (Å²) in [5.41, 5.74) is -7.49. The van der Waals surface area contributed by atoms with Crippen molar-refractivity contribution in [2.75, 3.05) is 4.90 Å². The molecule has 0 amide bonds. The van der Waals surface area contributed by atoms with Gasteiger partial charge in [0.15, 0.2) is 0 Å². The van der Waals surface area contributed by atoms with Gasteiger partial charge in [-0.25, -0.2) is 0 Å². The van der Waals surface area contributed by atoms with Crippen LogP contribution in [0.5, 0.6) is 0 Å². The van der Waals surface area contributed by atoms with Crippen LogP contribution in [0.25, 0.3) is 65.7 Å². The standard InChI is InChI=1S/C45H31NO/c1-30-27-40(29-43-44(30)42-26-21-35-12-7-8-14-41(35)45(42)47-43)46(38-22-17-33(18-23-38)31-9-3-2-4-10-31)39-24-19-34(20-25-39)37-16-15-32-11-5-6-13-36(32)28-37/h2-29H,1H3/i2D,3D,4D,5D,6D,7D,8D,9D,10D,11D,12D,13D,14D,15D,16D,17D,18D,19D,20D,21D,22D,23D,24D,25D,26D,27D,28D,29D. The van der Waals surface area contributed by atoms with E-state index in [1.165, 1.54) is 6.92 Å². The molecule has 0 N–H and O–H groups in total. The van der Waals surface area contributed by atoms with Crippen LogP contribution in [-0.2, 0) is 0 Å². The van der Waals surface area contributed by atoms with E-state index in [9.17, 15) is 13.7 Å². The zero-order chi connectivity index (χ0) is 55.7. The number of aryl methyl sites for hydroxylation is 1. The maximum atomic E-state index is 9.75. The summed E-state index contributed by atoms with van der Waals surface area (Å²) in [5.74, 6) is 0. The van der Waals surface area contributed by atoms with E-state index in [1.807, 2.05) is 0 Å². The summed E-state index contributed by atoms with van der Waals surface area (Å²) in [6, 6.07) is -25.7. The number of hydrogen-bond donors (Lipinski definition) is 0. The summed E-state index contributed by atoms with van der Waals surface area (Å²) in [6.45, 7) is 1.25. The Morgan fingerprint density at radius 3 is 1.77 bits per heavy atom. The van der Waals surface area contributed by atoms with Gasteiger partial charge in [-0.15, -0.1) is 0 Å². The van der Waals surface area contributed by atoms with Crippen LogP contribution in [0.3, 0.4) is 0 Å². The Morgan fingerprint density at radius 2 is 1.02 bits per heavy atom. The van der Waals surface area contributed by atoms with E-state index in [0.717, 1.165) is 0 Å². The monoisotopic (exact) mass is 629 g/mol. The molecule has 1 aromatic heterocycles. The number of benzene rings is 8. The largest absolute Gasteiger partial charge is 0.455 e. The number of hydrogen-bond acceptors (Lipinski definition) is 2. The highest BCUT2D eigenvalue weighted by molar-refractivity contribution is 6.16. The number of nitrogens with zero attached hydrogens (tertiary/aromatic N) is 1. The molecule has 0 aliphatic carbocycles. The second kappa shape index (κ2) is 11.0. The average Bonchev–Trinajstić information content (AvgIpc) is 3.78. The molecule has 9 aromatic rings. The first kappa shape index (κ1) is 11.0. The quantitative estimate of drug-likeness (QED) is 0.188. The van der Waals surface area contributed by atoms with E-state index in [4.69, 9.17) is 29.1 Å². The van der Waals surface area contributed by atoms with Crippen molar-refractivity contribution in [1.29, 1.82) is 0 Å². The van der Waals surface area contributed by atoms with Crippen molar-refractivity contribution in [2.24, 2.45) is 0 Å². The SMILES string of the molecule is [2H]c1c([2H])c([2H])c(-c2c([2H])c([2H])c(N(c3c([2H])c([2H])c(-c4c([2H])c([2H])c5c([2H])c([2H])c([2H])c([2H])c5c4[2H])c([2H])c3[2H])c3c([2H])c(C)c4c(oc5c6c([2H])c([2H])c([2H])c([2H])c6c([2H])c([2H])c54)c3[2H])c([2H])c2[2H])c([2H])c1[2H]. The van der Waals surface area contributed by atoms with Crippen LogP contribution in [0.1, 0.15) is 43.9 Å². The lowest BCUT2D eigenvalue weighted by molar-refractivity contribution is 0.672. The third-order valence-electron chi connectivity index (χ3n) is 7.19. The van der Waals surface area contributed by atoms with Gasteiger partial charge in [-0.3, -0.25) is 0 Å². The van der Waals surface area contributed by atoms with Crippen molar-refractivity contribution in [1.82, 2.24) is 0 Å². The minimum Gasteiger partial charge on any atom is -0.455 e. The van der Waals surface area contributed by atoms with Crippen molar-refractivity contribution in [2.45, 2.75) is 6.92 Å². The molecule has 0 spiro atoms. The molecule has 0 fully saturated rings. The van der Waals surface area contributed by atoms with Crippen LogP contribution < -0.4 is 4.90 Å². The van der Waals surface area contributed by atoms with Gasteiger partial charge in [0.2, 0.25) is 0 Å². The van der Waals surface area contributed by atoms with Crippen molar-refractivity contribution >= 4 is 60.5 Å². The Labute approximate surface area is 313 Å². The lowest BCUT2D eigenvalue weighted by Crippen LogP contribution is -2.10. The third-order valence-corrected chi connectivity index (χ3v) is 7.19. The van der Waals surface area contributed by atoms with Crippen LogP contribution in [0.2, 0.25) is 0 Å². The fraction of sp³-hybridized carbons (Fsp3) is 0.0222. The summed E-state index contributed by atoms with van der Waals surface area (Å²) in [4.78, 5) is 0.485. The second-order valence-electron chi connectivity index (χ2n) is 10.0. The number of anilines is 3. The topological polar surface area (TPSA) is 16.4 Å². The molecule has 9 rings (SSSR count). The molecule has 1 heterocycles. The molecule has 8 aromatic carbocycles. The molecule has 0 bridgehead atoms. The van der Waals surface area contributed by atoms with E-state index in [1.54, 1.807) is 0 Å². The van der Waals surface area contributed by atoms with Crippen molar-refractivity contribution in [3.63, 3.8) is 0 Å². The van der Waals surface area contributed by atoms with Crippen LogP contribution in [0.4, 0.5) is 17.1 Å². The smallest absolute Gasteiger partial charge is 0.143 e. The number of rotatable bonds is 5. The molecule has 2 nitrogen and oxygen atoms in total. The fourth-order valence-electron chi connectivity index (χ4n) is 5.07. The Hall–Kier alpha value is -6.12. The molecule has 0 unspecified atom stereocenters. The lowest BCUT2D eigenvalue weighted by atomic mass is 10.0. The van der Waals surface area contributed by atoms with Crippen LogP contribution in [-0.4, -0.2) is 0 Å². The highest BCUT2D eigenvalue weighted by Gasteiger charge is 2.19. The van der Waals surface area contributed by atoms with Gasteiger partial charge in [0.05, 0.1) is 44.1 Å². The van der Waals surface area contributed by atoms with Gasteiger partial charge in [-0.1, -0.05) is 121 Å². The molecule has 2 heteroatoms. The summed E-state index contributed by atoms with van der Waals surface area (Å²) < 4.78 is 255. The van der Waals surface area contributed by atoms with Crippen LogP contribution >= 0.6 is 0 Å². The van der Waals surface area contributed by atoms with E-state index in [0.29, 0.717) is 4.90 Å². The third kappa shape index (κ3) is 4.74. The van der Waals surface area contributed by atoms with Gasteiger partial charge in [-0.05, 0) is 93.2 Å². The zero-order valence-corrected chi connectivity index (χ0v) is 23.9. The molecule has 222 valence electrons. The Balaban J connectivity index is 1.47. The maximum Gasteiger partial charge on any atom is 0.143 e. The van der Waals surface area contributed by atoms with Gasteiger partial charge in [0.25, 0.3) is 0 Å². The van der Waals surface area contributed by atoms with Crippen molar-refractivity contribution in [3.05, 3.63) is 175 Å². The first-order valence-corrected chi connectivity index (χ1v) is 13.8. The normalized spacial score (nSPS) is 19.9. The summed E-state index contributed by atoms with van der Waals surface area (Å²) in [5, 5.41) is -2.51. The van der Waals surface area contributed by atoms with E-state index >= 15 is 0 Å². The highest BCUT2D eigenvalue weighted by Crippen LogP contribution is 2.42. The molecule has 0 saturated carbocycles. The molecule has 47 heavy (non-hydrogen) atoms. The van der Waals surface area contributed by atoms with Gasteiger partial charge in [-0.2, -0.15) is 0 Å². The van der Waals surface area contributed by atoms with E-state index in [2.05, 4.69) is 0 Å². The van der Waals surface area contributed by atoms with Gasteiger partial charge >= 0.3 is 0 Å². The second-order valence-corrected chi connectivity index (χ2v) is 10.0. The van der Waals surface area contributed by atoms with E-state index < -0.39 is 241 Å². The van der Waals surface area contributed by atoms with Crippen molar-refractivity contribution < 1.29 is 42.8 Å². The van der Waals surface area contributed by atoms with Gasteiger partial charge in [0.1, 0.15) is 11.2 Å². The Morgan fingerprint density at radius 1 is 0.447 bits per heavy atom. The number of furan rings is 1. The first-order valence-electron chi connectivity index (χ1n) is 27.8. The molecule has 0 atom stereocenters. The molecule has 0 radical (unpaired) electrons. The molecular formula is C45H31NO. The van der Waals surface area contributed by atoms with Crippen molar-refractivity contribution in [3.8, 4) is 22.3 Å². The minimum atomic E-state index is -1.19. The maximum absolute atomic E-state index is 9.75. The molecule has 0 aliphatic rings. The van der Waals surface area contributed by atoms with Gasteiger partial charge in [0, 0.05) is 33.6 Å². The van der Waals surface area contributed by atoms with Crippen LogP contribution in [0.15, 0.2) is 174 Å². The Kier molecular flexibility index (Phi) is 2.58. The van der Waals surface area contributed by atoms with E-state index in [-0.39, 0.29) is 16.3 Å². The predicted octanol–water partition coefficient (Wildman–Crippen LogP) is 13.0. The summed E-state index contributed by atoms with van der Waals surface area (Å²) in [6.07, 6.45) is 0.